The van der Waals surface area contributed by atoms with Gasteiger partial charge in [0, 0.05) is 12.1 Å². The third-order valence-corrected chi connectivity index (χ3v) is 5.49. The highest BCUT2D eigenvalue weighted by Crippen LogP contribution is 2.30. The SMILES string of the molecule is CC[C@@H](C)[C@@H]1Nc2ccc(C(=O)NCCc3ccc(OC)c(OC)c3)cc2NC1=O. The maximum Gasteiger partial charge on any atom is 0.251 e. The maximum absolute atomic E-state index is 12.6. The molecule has 160 valence electrons. The highest BCUT2D eigenvalue weighted by Gasteiger charge is 2.29. The first-order valence-corrected chi connectivity index (χ1v) is 10.2. The summed E-state index contributed by atoms with van der Waals surface area (Å²) in [5.41, 5.74) is 3.00. The zero-order chi connectivity index (χ0) is 21.7. The second kappa shape index (κ2) is 9.52. The summed E-state index contributed by atoms with van der Waals surface area (Å²) in [6.07, 6.45) is 1.56. The molecule has 0 saturated carbocycles. The van der Waals surface area contributed by atoms with Crippen LogP contribution in [-0.4, -0.2) is 38.6 Å². The van der Waals surface area contributed by atoms with E-state index in [-0.39, 0.29) is 23.8 Å². The van der Waals surface area contributed by atoms with Crippen molar-refractivity contribution in [3.63, 3.8) is 0 Å². The molecule has 0 saturated heterocycles. The van der Waals surface area contributed by atoms with Crippen LogP contribution in [0.5, 0.6) is 11.5 Å². The lowest BCUT2D eigenvalue weighted by atomic mass is 9.95. The van der Waals surface area contributed by atoms with E-state index < -0.39 is 0 Å². The molecule has 7 nitrogen and oxygen atoms in total. The largest absolute Gasteiger partial charge is 0.493 e. The van der Waals surface area contributed by atoms with Crippen LogP contribution in [0.15, 0.2) is 36.4 Å². The summed E-state index contributed by atoms with van der Waals surface area (Å²) in [4.78, 5) is 24.9. The number of carbonyl (C=O) groups excluding carboxylic acids is 2. The lowest BCUT2D eigenvalue weighted by molar-refractivity contribution is -0.118. The Morgan fingerprint density at radius 3 is 2.57 bits per heavy atom. The van der Waals surface area contributed by atoms with Crippen molar-refractivity contribution in [2.75, 3.05) is 31.4 Å². The highest BCUT2D eigenvalue weighted by molar-refractivity contribution is 6.05. The van der Waals surface area contributed by atoms with Crippen LogP contribution in [0.1, 0.15) is 36.2 Å². The quantitative estimate of drug-likeness (QED) is 0.619. The fraction of sp³-hybridized carbons (Fsp3) is 0.391. The number of carbonyl (C=O) groups is 2. The smallest absolute Gasteiger partial charge is 0.251 e. The van der Waals surface area contributed by atoms with Gasteiger partial charge in [-0.25, -0.2) is 0 Å². The Morgan fingerprint density at radius 2 is 1.87 bits per heavy atom. The van der Waals surface area contributed by atoms with Crippen molar-refractivity contribution in [2.45, 2.75) is 32.7 Å². The third-order valence-electron chi connectivity index (χ3n) is 5.49. The van der Waals surface area contributed by atoms with E-state index >= 15 is 0 Å². The van der Waals surface area contributed by atoms with Crippen molar-refractivity contribution in [3.05, 3.63) is 47.5 Å². The van der Waals surface area contributed by atoms with Crippen LogP contribution in [-0.2, 0) is 11.2 Å². The Kier molecular flexibility index (Phi) is 6.82. The summed E-state index contributed by atoms with van der Waals surface area (Å²) in [5, 5.41) is 9.12. The fourth-order valence-electron chi connectivity index (χ4n) is 3.45. The number of rotatable bonds is 8. The van der Waals surface area contributed by atoms with Crippen LogP contribution in [0.3, 0.4) is 0 Å². The van der Waals surface area contributed by atoms with Gasteiger partial charge in [0.1, 0.15) is 6.04 Å². The summed E-state index contributed by atoms with van der Waals surface area (Å²) in [7, 11) is 3.19. The molecule has 2 atom stereocenters. The number of hydrogen-bond donors (Lipinski definition) is 3. The van der Waals surface area contributed by atoms with Gasteiger partial charge in [0.25, 0.3) is 5.91 Å². The molecule has 7 heteroatoms. The Bertz CT molecular complexity index is 929. The molecule has 3 rings (SSSR count). The minimum atomic E-state index is -0.260. The second-order valence-corrected chi connectivity index (χ2v) is 7.45. The predicted octanol–water partition coefficient (Wildman–Crippen LogP) is 3.46. The summed E-state index contributed by atoms with van der Waals surface area (Å²) in [6.45, 7) is 4.58. The number of fused-ring (bicyclic) bond motifs is 1. The zero-order valence-electron chi connectivity index (χ0n) is 17.9. The van der Waals surface area contributed by atoms with E-state index in [1.165, 1.54) is 0 Å². The van der Waals surface area contributed by atoms with E-state index in [4.69, 9.17) is 9.47 Å². The molecule has 0 unspecified atom stereocenters. The van der Waals surface area contributed by atoms with Gasteiger partial charge in [-0.2, -0.15) is 0 Å². The molecular weight excluding hydrogens is 382 g/mol. The summed E-state index contributed by atoms with van der Waals surface area (Å²) < 4.78 is 10.6. The standard InChI is InChI=1S/C23H29N3O4/c1-5-14(2)21-23(28)26-18-13-16(7-8-17(18)25-21)22(27)24-11-10-15-6-9-19(29-3)20(12-15)30-4/h6-9,12-14,21,25H,5,10-11H2,1-4H3,(H,24,27)(H,26,28)/t14-,21+/m1/s1. The van der Waals surface area contributed by atoms with Gasteiger partial charge in [-0.15, -0.1) is 0 Å². The molecule has 0 aliphatic carbocycles. The molecule has 30 heavy (non-hydrogen) atoms. The Labute approximate surface area is 177 Å². The van der Waals surface area contributed by atoms with Crippen molar-refractivity contribution >= 4 is 23.2 Å². The van der Waals surface area contributed by atoms with Crippen LogP contribution >= 0.6 is 0 Å². The van der Waals surface area contributed by atoms with Crippen molar-refractivity contribution in [2.24, 2.45) is 5.92 Å². The van der Waals surface area contributed by atoms with Gasteiger partial charge in [0.15, 0.2) is 11.5 Å². The molecule has 0 aromatic heterocycles. The lowest BCUT2D eigenvalue weighted by Gasteiger charge is -2.30. The van der Waals surface area contributed by atoms with Gasteiger partial charge in [-0.1, -0.05) is 26.3 Å². The van der Waals surface area contributed by atoms with Crippen LogP contribution < -0.4 is 25.4 Å². The molecule has 2 aromatic carbocycles. The van der Waals surface area contributed by atoms with Crippen molar-refractivity contribution < 1.29 is 19.1 Å². The molecule has 0 spiro atoms. The van der Waals surface area contributed by atoms with Gasteiger partial charge in [-0.05, 0) is 48.2 Å². The van der Waals surface area contributed by atoms with E-state index in [0.29, 0.717) is 35.7 Å². The van der Waals surface area contributed by atoms with E-state index in [2.05, 4.69) is 22.9 Å². The molecule has 1 aliphatic rings. The highest BCUT2D eigenvalue weighted by atomic mass is 16.5. The zero-order valence-corrected chi connectivity index (χ0v) is 17.9. The van der Waals surface area contributed by atoms with E-state index in [9.17, 15) is 9.59 Å². The molecule has 2 aromatic rings. The van der Waals surface area contributed by atoms with Gasteiger partial charge in [0.2, 0.25) is 5.91 Å². The average molecular weight is 412 g/mol. The molecule has 3 N–H and O–H groups in total. The van der Waals surface area contributed by atoms with Crippen LogP contribution in [0.4, 0.5) is 11.4 Å². The van der Waals surface area contributed by atoms with Crippen LogP contribution in [0, 0.1) is 5.92 Å². The number of ether oxygens (including phenoxy) is 2. The monoisotopic (exact) mass is 411 g/mol. The predicted molar refractivity (Wildman–Crippen MR) is 118 cm³/mol. The molecule has 0 radical (unpaired) electrons. The third kappa shape index (κ3) is 4.67. The van der Waals surface area contributed by atoms with Crippen LogP contribution in [0.2, 0.25) is 0 Å². The minimum absolute atomic E-state index is 0.0668. The van der Waals surface area contributed by atoms with Crippen molar-refractivity contribution in [1.29, 1.82) is 0 Å². The molecule has 0 fully saturated rings. The molecule has 1 heterocycles. The number of benzene rings is 2. The van der Waals surface area contributed by atoms with Gasteiger partial charge >= 0.3 is 0 Å². The normalized spacial score (nSPS) is 16.0. The van der Waals surface area contributed by atoms with Gasteiger partial charge < -0.3 is 25.4 Å². The van der Waals surface area contributed by atoms with Gasteiger partial charge in [-0.3, -0.25) is 9.59 Å². The number of anilines is 2. The van der Waals surface area contributed by atoms with E-state index in [1.807, 2.05) is 31.2 Å². The van der Waals surface area contributed by atoms with E-state index in [0.717, 1.165) is 17.7 Å². The molecule has 1 aliphatic heterocycles. The molecular formula is C23H29N3O4. The Balaban J connectivity index is 1.61. The summed E-state index contributed by atoms with van der Waals surface area (Å²) >= 11 is 0. The number of amides is 2. The first-order chi connectivity index (χ1) is 14.5. The first-order valence-electron chi connectivity index (χ1n) is 10.2. The Morgan fingerprint density at radius 1 is 1.10 bits per heavy atom. The topological polar surface area (TPSA) is 88.7 Å². The second-order valence-electron chi connectivity index (χ2n) is 7.45. The van der Waals surface area contributed by atoms with Crippen LogP contribution in [0.25, 0.3) is 0 Å². The Hall–Kier alpha value is -3.22. The average Bonchev–Trinajstić information content (AvgIpc) is 2.77. The van der Waals surface area contributed by atoms with E-state index in [1.54, 1.807) is 26.4 Å². The molecule has 0 bridgehead atoms. The maximum atomic E-state index is 12.6. The summed E-state index contributed by atoms with van der Waals surface area (Å²) in [5.74, 6) is 1.30. The first kappa shape index (κ1) is 21.5. The number of nitrogens with one attached hydrogen (secondary N) is 3. The van der Waals surface area contributed by atoms with Crippen molar-refractivity contribution in [1.82, 2.24) is 5.32 Å². The van der Waals surface area contributed by atoms with Gasteiger partial charge in [0.05, 0.1) is 25.6 Å². The summed E-state index contributed by atoms with van der Waals surface area (Å²) in [6, 6.07) is 10.8. The minimum Gasteiger partial charge on any atom is -0.493 e. The lowest BCUT2D eigenvalue weighted by Crippen LogP contribution is -2.43. The number of hydrogen-bond acceptors (Lipinski definition) is 5. The fourth-order valence-corrected chi connectivity index (χ4v) is 3.45. The van der Waals surface area contributed by atoms with Crippen molar-refractivity contribution in [3.8, 4) is 11.5 Å². The number of methoxy groups -OCH3 is 2. The molecule has 2 amide bonds.